The fraction of sp³-hybridized carbons (Fsp3) is 0.417. The lowest BCUT2D eigenvalue weighted by Crippen LogP contribution is -2.35. The van der Waals surface area contributed by atoms with Gasteiger partial charge in [-0.2, -0.15) is 0 Å². The second kappa shape index (κ2) is 8.60. The molecule has 0 radical (unpaired) electrons. The van der Waals surface area contributed by atoms with Gasteiger partial charge >= 0.3 is 0 Å². The van der Waals surface area contributed by atoms with E-state index in [1.165, 1.54) is 40.6 Å². The number of carbonyl (C=O) groups is 1. The van der Waals surface area contributed by atoms with E-state index in [2.05, 4.69) is 49.2 Å². The van der Waals surface area contributed by atoms with Crippen molar-refractivity contribution in [2.24, 2.45) is 0 Å². The molecule has 2 aromatic carbocycles. The average molecular weight is 441 g/mol. The number of carbonyl (C=O) groups excluding carboxylic acids is 1. The topological polar surface area (TPSA) is 41.6 Å². The van der Waals surface area contributed by atoms with E-state index >= 15 is 0 Å². The highest BCUT2D eigenvalue weighted by atomic mass is 32.2. The van der Waals surface area contributed by atoms with Gasteiger partial charge in [0.1, 0.15) is 10.1 Å². The number of hydrogen-bond donors (Lipinski definition) is 1. The number of aryl methyl sites for hydroxylation is 2. The number of nitrogens with zero attached hydrogens (tertiary/aromatic N) is 1. The maximum Gasteiger partial charge on any atom is 0.239 e. The first-order valence-corrected chi connectivity index (χ1v) is 11.7. The zero-order valence-corrected chi connectivity index (χ0v) is 19.6. The highest BCUT2D eigenvalue weighted by Crippen LogP contribution is 2.39. The van der Waals surface area contributed by atoms with Crippen LogP contribution in [0.5, 0.6) is 5.75 Å². The summed E-state index contributed by atoms with van der Waals surface area (Å²) in [5.74, 6) is 0.860. The first kappa shape index (κ1) is 21.2. The van der Waals surface area contributed by atoms with E-state index < -0.39 is 0 Å². The van der Waals surface area contributed by atoms with Crippen LogP contribution >= 0.6 is 24.0 Å². The summed E-state index contributed by atoms with van der Waals surface area (Å²) in [7, 11) is 1.71. The fourth-order valence-electron chi connectivity index (χ4n) is 4.43. The molecule has 1 saturated heterocycles. The number of benzene rings is 2. The molecule has 158 valence electrons. The number of fused-ring (bicyclic) bond motifs is 1. The Morgan fingerprint density at radius 1 is 1.27 bits per heavy atom. The van der Waals surface area contributed by atoms with E-state index in [1.807, 2.05) is 12.1 Å². The Kier molecular flexibility index (Phi) is 6.07. The minimum Gasteiger partial charge on any atom is -0.496 e. The second-order valence-electron chi connectivity index (χ2n) is 8.31. The van der Waals surface area contributed by atoms with Gasteiger partial charge in [0.2, 0.25) is 5.91 Å². The van der Waals surface area contributed by atoms with Crippen LogP contribution in [0.1, 0.15) is 37.0 Å². The molecule has 1 amide bonds. The molecule has 0 bridgehead atoms. The molecule has 1 fully saturated rings. The lowest BCUT2D eigenvalue weighted by atomic mass is 9.90. The van der Waals surface area contributed by atoms with Gasteiger partial charge in [0.05, 0.1) is 12.4 Å². The maximum absolute atomic E-state index is 12.1. The number of methoxy groups -OCH3 is 1. The van der Waals surface area contributed by atoms with E-state index in [0.29, 0.717) is 16.8 Å². The summed E-state index contributed by atoms with van der Waals surface area (Å²) in [4.78, 5) is 14.6. The molecule has 0 aliphatic carbocycles. The minimum atomic E-state index is -0.164. The predicted octanol–water partition coefficient (Wildman–Crippen LogP) is 4.89. The third-order valence-electron chi connectivity index (χ3n) is 5.95. The number of amides is 1. The number of ether oxygens (including phenoxy) is 1. The van der Waals surface area contributed by atoms with Crippen molar-refractivity contribution in [3.8, 4) is 16.9 Å². The molecule has 1 N–H and O–H groups in total. The van der Waals surface area contributed by atoms with Crippen LogP contribution in [-0.4, -0.2) is 35.2 Å². The number of hydrogen-bond acceptors (Lipinski definition) is 5. The summed E-state index contributed by atoms with van der Waals surface area (Å²) in [5.41, 5.74) is 7.41. The Labute approximate surface area is 188 Å². The van der Waals surface area contributed by atoms with Crippen LogP contribution < -0.4 is 15.0 Å². The molecule has 0 aromatic heterocycles. The van der Waals surface area contributed by atoms with Crippen LogP contribution in [0.3, 0.4) is 0 Å². The molecule has 2 aliphatic heterocycles. The van der Waals surface area contributed by atoms with Crippen molar-refractivity contribution in [3.05, 3.63) is 47.0 Å². The van der Waals surface area contributed by atoms with Crippen molar-refractivity contribution in [1.82, 2.24) is 5.32 Å². The molecule has 2 aliphatic rings. The molecule has 1 unspecified atom stereocenters. The molecule has 0 spiro atoms. The van der Waals surface area contributed by atoms with Crippen molar-refractivity contribution < 1.29 is 9.53 Å². The Morgan fingerprint density at radius 2 is 2.07 bits per heavy atom. The maximum atomic E-state index is 12.1. The third-order valence-corrected chi connectivity index (χ3v) is 7.32. The van der Waals surface area contributed by atoms with Gasteiger partial charge in [-0.15, -0.1) is 0 Å². The van der Waals surface area contributed by atoms with Gasteiger partial charge in [-0.1, -0.05) is 30.0 Å². The van der Waals surface area contributed by atoms with Gasteiger partial charge in [0, 0.05) is 23.8 Å². The summed E-state index contributed by atoms with van der Waals surface area (Å²) in [6.45, 7) is 7.81. The summed E-state index contributed by atoms with van der Waals surface area (Å²) >= 11 is 6.58. The monoisotopic (exact) mass is 440 g/mol. The van der Waals surface area contributed by atoms with Gasteiger partial charge in [-0.25, -0.2) is 0 Å². The summed E-state index contributed by atoms with van der Waals surface area (Å²) in [6.07, 6.45) is 2.93. The molecule has 30 heavy (non-hydrogen) atoms. The highest BCUT2D eigenvalue weighted by Gasteiger charge is 2.29. The molecule has 0 saturated carbocycles. The number of thiocarbonyl (C=S) groups is 1. The van der Waals surface area contributed by atoms with Crippen molar-refractivity contribution in [2.75, 3.05) is 18.6 Å². The van der Waals surface area contributed by atoms with Gasteiger partial charge in [-0.05, 0) is 86.6 Å². The Morgan fingerprint density at radius 3 is 2.73 bits per heavy atom. The molecule has 2 aromatic rings. The molecule has 4 rings (SSSR count). The molecule has 6 heteroatoms. The van der Waals surface area contributed by atoms with Crippen LogP contribution in [0.4, 0.5) is 5.69 Å². The van der Waals surface area contributed by atoms with Crippen molar-refractivity contribution in [2.45, 2.75) is 51.3 Å². The molecular formula is C24H28N2O2S2. The molecule has 4 nitrogen and oxygen atoms in total. The van der Waals surface area contributed by atoms with E-state index in [9.17, 15) is 4.79 Å². The zero-order valence-electron chi connectivity index (χ0n) is 18.0. The first-order chi connectivity index (χ1) is 14.4. The Hall–Kier alpha value is -2.05. The van der Waals surface area contributed by atoms with Gasteiger partial charge in [-0.3, -0.25) is 4.79 Å². The summed E-state index contributed by atoms with van der Waals surface area (Å²) in [5, 5.41) is 2.57. The highest BCUT2D eigenvalue weighted by molar-refractivity contribution is 8.24. The van der Waals surface area contributed by atoms with Crippen LogP contribution in [0.15, 0.2) is 30.3 Å². The lowest BCUT2D eigenvalue weighted by molar-refractivity contribution is -0.118. The minimum absolute atomic E-state index is 0.00102. The summed E-state index contributed by atoms with van der Waals surface area (Å²) in [6, 6.07) is 11.4. The predicted molar refractivity (Wildman–Crippen MR) is 130 cm³/mol. The van der Waals surface area contributed by atoms with Crippen molar-refractivity contribution >= 4 is 39.9 Å². The smallest absolute Gasteiger partial charge is 0.239 e. The van der Waals surface area contributed by atoms with Crippen LogP contribution in [-0.2, 0) is 17.6 Å². The number of anilines is 1. The standard InChI is InChI=1S/C24H28N2O2S2/c1-14(2)26-9-5-6-17-13-18(15(3)10-20(17)26)19-11-16(7-8-21(19)28-4)12-22-23(27)25-24(29)30-22/h7-8,10-11,13-14,22H,5-6,9,12H2,1-4H3,(H,25,27,29). The molecule has 1 atom stereocenters. The average Bonchev–Trinajstić information content (AvgIpc) is 3.03. The van der Waals surface area contributed by atoms with E-state index in [0.717, 1.165) is 29.8 Å². The first-order valence-electron chi connectivity index (χ1n) is 10.5. The largest absolute Gasteiger partial charge is 0.496 e. The van der Waals surface area contributed by atoms with Crippen molar-refractivity contribution in [3.63, 3.8) is 0 Å². The van der Waals surface area contributed by atoms with E-state index in [-0.39, 0.29) is 11.2 Å². The number of nitrogens with one attached hydrogen (secondary N) is 1. The SMILES string of the molecule is COc1ccc(CC2SC(=S)NC2=O)cc1-c1cc2c(cc1C)N(C(C)C)CCC2. The van der Waals surface area contributed by atoms with E-state index in [1.54, 1.807) is 7.11 Å². The van der Waals surface area contributed by atoms with Gasteiger partial charge < -0.3 is 15.0 Å². The fourth-order valence-corrected chi connectivity index (χ4v) is 5.74. The molecule has 2 heterocycles. The van der Waals surface area contributed by atoms with Gasteiger partial charge in [0.25, 0.3) is 0 Å². The van der Waals surface area contributed by atoms with Crippen LogP contribution in [0, 0.1) is 6.92 Å². The number of thioether (sulfide) groups is 1. The van der Waals surface area contributed by atoms with E-state index in [4.69, 9.17) is 17.0 Å². The van der Waals surface area contributed by atoms with Gasteiger partial charge in [0.15, 0.2) is 0 Å². The van der Waals surface area contributed by atoms with Crippen LogP contribution in [0.25, 0.3) is 11.1 Å². The van der Waals surface area contributed by atoms with Crippen molar-refractivity contribution in [1.29, 1.82) is 0 Å². The Balaban J connectivity index is 1.72. The lowest BCUT2D eigenvalue weighted by Gasteiger charge is -2.35. The number of rotatable bonds is 5. The molecular weight excluding hydrogens is 412 g/mol. The summed E-state index contributed by atoms with van der Waals surface area (Å²) < 4.78 is 6.27. The normalized spacial score (nSPS) is 18.6. The van der Waals surface area contributed by atoms with Crippen LogP contribution in [0.2, 0.25) is 0 Å². The quantitative estimate of drug-likeness (QED) is 0.671. The second-order valence-corrected chi connectivity index (χ2v) is 10.2. The third kappa shape index (κ3) is 4.08. The Bertz CT molecular complexity index is 1000. The zero-order chi connectivity index (χ0) is 21.4.